The standard InChI is InChI=1S/C27H38N4O4.C7H6F2/c1-4-10-31(11-5-2)27(34)23-14-21(25(29)32)13-22(15-23)26(33)30-16-24(28)18-35-17-20-9-7-8-19(6-3)12-20;1-5-2-6(8)4-7(9)3-5/h7-9,12-15,24H,4-6,10-11,16-18,28H2,1-3H3,(H2,29,32)(H,30,33);2-4H,1H3. The van der Waals surface area contributed by atoms with Crippen LogP contribution in [0, 0.1) is 18.6 Å². The van der Waals surface area contributed by atoms with E-state index >= 15 is 0 Å². The maximum atomic E-state index is 13.0. The van der Waals surface area contributed by atoms with Crippen molar-refractivity contribution in [2.45, 2.75) is 59.6 Å². The smallest absolute Gasteiger partial charge is 0.253 e. The molecule has 44 heavy (non-hydrogen) atoms. The Labute approximate surface area is 258 Å². The molecule has 3 amide bonds. The van der Waals surface area contributed by atoms with Gasteiger partial charge in [0.2, 0.25) is 5.91 Å². The SMILES string of the molecule is CCCN(CCC)C(=O)c1cc(C(N)=O)cc(C(=O)NCC(N)COCc2cccc(CC)c2)c1.Cc1cc(F)cc(F)c1. The number of halogens is 2. The van der Waals surface area contributed by atoms with Crippen LogP contribution >= 0.6 is 0 Å². The molecule has 238 valence electrons. The minimum absolute atomic E-state index is 0.107. The first-order valence-electron chi connectivity index (χ1n) is 14.8. The largest absolute Gasteiger partial charge is 0.375 e. The van der Waals surface area contributed by atoms with Gasteiger partial charge in [0.15, 0.2) is 0 Å². The molecule has 5 N–H and O–H groups in total. The lowest BCUT2D eigenvalue weighted by Crippen LogP contribution is -2.40. The Morgan fingerprint density at radius 2 is 1.45 bits per heavy atom. The number of hydrogen-bond acceptors (Lipinski definition) is 5. The summed E-state index contributed by atoms with van der Waals surface area (Å²) >= 11 is 0. The summed E-state index contributed by atoms with van der Waals surface area (Å²) in [4.78, 5) is 39.4. The number of hydrogen-bond donors (Lipinski definition) is 3. The van der Waals surface area contributed by atoms with Crippen LogP contribution in [-0.2, 0) is 17.8 Å². The van der Waals surface area contributed by atoms with Crippen LogP contribution in [0.5, 0.6) is 0 Å². The second-order valence-corrected chi connectivity index (χ2v) is 10.6. The summed E-state index contributed by atoms with van der Waals surface area (Å²) in [7, 11) is 0. The summed E-state index contributed by atoms with van der Waals surface area (Å²) in [5.41, 5.74) is 15.0. The number of aryl methyl sites for hydroxylation is 2. The minimum atomic E-state index is -0.705. The van der Waals surface area contributed by atoms with E-state index in [1.165, 1.54) is 35.9 Å². The van der Waals surface area contributed by atoms with E-state index in [1.54, 1.807) is 11.8 Å². The maximum absolute atomic E-state index is 13.0. The van der Waals surface area contributed by atoms with Crippen molar-refractivity contribution < 1.29 is 27.9 Å². The number of nitrogens with one attached hydrogen (secondary N) is 1. The summed E-state index contributed by atoms with van der Waals surface area (Å²) in [6, 6.07) is 15.5. The van der Waals surface area contributed by atoms with Crippen LogP contribution in [0.3, 0.4) is 0 Å². The van der Waals surface area contributed by atoms with E-state index in [-0.39, 0.29) is 35.7 Å². The summed E-state index contributed by atoms with van der Waals surface area (Å²) in [5.74, 6) is -2.42. The number of rotatable bonds is 14. The van der Waals surface area contributed by atoms with Gasteiger partial charge in [0, 0.05) is 48.4 Å². The topological polar surface area (TPSA) is 128 Å². The van der Waals surface area contributed by atoms with Gasteiger partial charge in [-0.1, -0.05) is 45.0 Å². The number of nitrogens with two attached hydrogens (primary N) is 2. The number of benzene rings is 3. The molecular formula is C34H44F2N4O4. The van der Waals surface area contributed by atoms with E-state index in [9.17, 15) is 23.2 Å². The zero-order valence-corrected chi connectivity index (χ0v) is 26.0. The quantitative estimate of drug-likeness (QED) is 0.232. The Morgan fingerprint density at radius 3 is 2.02 bits per heavy atom. The molecule has 3 aromatic rings. The van der Waals surface area contributed by atoms with E-state index in [4.69, 9.17) is 16.2 Å². The van der Waals surface area contributed by atoms with Gasteiger partial charge in [0.05, 0.1) is 13.2 Å². The molecule has 3 aromatic carbocycles. The van der Waals surface area contributed by atoms with Crippen molar-refractivity contribution in [3.8, 4) is 0 Å². The maximum Gasteiger partial charge on any atom is 0.253 e. The first-order chi connectivity index (χ1) is 21.0. The van der Waals surface area contributed by atoms with Gasteiger partial charge < -0.3 is 26.4 Å². The Bertz CT molecular complexity index is 1340. The average Bonchev–Trinajstić information content (AvgIpc) is 2.98. The lowest BCUT2D eigenvalue weighted by molar-refractivity contribution is 0.0755. The third kappa shape index (κ3) is 12.2. The molecule has 0 bridgehead atoms. The minimum Gasteiger partial charge on any atom is -0.375 e. The highest BCUT2D eigenvalue weighted by molar-refractivity contribution is 6.04. The average molecular weight is 611 g/mol. The van der Waals surface area contributed by atoms with Crippen LogP contribution in [0.2, 0.25) is 0 Å². The zero-order valence-electron chi connectivity index (χ0n) is 26.0. The second kappa shape index (κ2) is 18.5. The third-order valence-corrected chi connectivity index (χ3v) is 6.53. The lowest BCUT2D eigenvalue weighted by Gasteiger charge is -2.22. The molecule has 0 aliphatic heterocycles. The Morgan fingerprint density at radius 1 is 0.864 bits per heavy atom. The van der Waals surface area contributed by atoms with E-state index in [0.29, 0.717) is 25.3 Å². The van der Waals surface area contributed by atoms with Gasteiger partial charge in [-0.25, -0.2) is 8.78 Å². The predicted octanol–water partition coefficient (Wildman–Crippen LogP) is 5.16. The van der Waals surface area contributed by atoms with Gasteiger partial charge in [-0.2, -0.15) is 0 Å². The molecule has 0 aromatic heterocycles. The monoisotopic (exact) mass is 610 g/mol. The number of carbonyl (C=O) groups excluding carboxylic acids is 3. The highest BCUT2D eigenvalue weighted by Crippen LogP contribution is 2.14. The van der Waals surface area contributed by atoms with Gasteiger partial charge in [-0.15, -0.1) is 0 Å². The van der Waals surface area contributed by atoms with E-state index in [1.807, 2.05) is 26.0 Å². The van der Waals surface area contributed by atoms with Crippen molar-refractivity contribution in [2.24, 2.45) is 11.5 Å². The normalized spacial score (nSPS) is 11.2. The summed E-state index contributed by atoms with van der Waals surface area (Å²) < 4.78 is 30.1. The molecule has 0 aliphatic rings. The fourth-order valence-corrected chi connectivity index (χ4v) is 4.41. The molecule has 8 nitrogen and oxygen atoms in total. The van der Waals surface area contributed by atoms with Crippen LogP contribution in [0.4, 0.5) is 8.78 Å². The number of amides is 3. The molecule has 0 heterocycles. The van der Waals surface area contributed by atoms with Crippen molar-refractivity contribution in [1.29, 1.82) is 0 Å². The van der Waals surface area contributed by atoms with Crippen LogP contribution < -0.4 is 16.8 Å². The first-order valence-corrected chi connectivity index (χ1v) is 14.8. The summed E-state index contributed by atoms with van der Waals surface area (Å²) in [6.07, 6.45) is 2.57. The molecule has 0 saturated heterocycles. The van der Waals surface area contributed by atoms with Gasteiger partial charge in [-0.05, 0) is 73.2 Å². The van der Waals surface area contributed by atoms with Gasteiger partial charge in [0.1, 0.15) is 11.6 Å². The molecule has 3 rings (SSSR count). The van der Waals surface area contributed by atoms with Crippen LogP contribution in [0.1, 0.15) is 81.4 Å². The summed E-state index contributed by atoms with van der Waals surface area (Å²) in [6.45, 7) is 9.79. The molecular weight excluding hydrogens is 566 g/mol. The highest BCUT2D eigenvalue weighted by atomic mass is 19.1. The van der Waals surface area contributed by atoms with Crippen molar-refractivity contribution in [3.63, 3.8) is 0 Å². The van der Waals surface area contributed by atoms with Crippen LogP contribution in [0.25, 0.3) is 0 Å². The lowest BCUT2D eigenvalue weighted by atomic mass is 10.0. The van der Waals surface area contributed by atoms with Gasteiger partial charge in [-0.3, -0.25) is 14.4 Å². The second-order valence-electron chi connectivity index (χ2n) is 10.6. The number of carbonyl (C=O) groups is 3. The zero-order chi connectivity index (χ0) is 32.6. The molecule has 0 fully saturated rings. The highest BCUT2D eigenvalue weighted by Gasteiger charge is 2.19. The van der Waals surface area contributed by atoms with Crippen molar-refractivity contribution in [3.05, 3.63) is 106 Å². The fraction of sp³-hybridized carbons (Fsp3) is 0.382. The Balaban J connectivity index is 0.000000639. The molecule has 0 spiro atoms. The molecule has 10 heteroatoms. The van der Waals surface area contributed by atoms with Gasteiger partial charge in [0.25, 0.3) is 11.8 Å². The molecule has 1 atom stereocenters. The number of ether oxygens (including phenoxy) is 1. The first kappa shape index (κ1) is 36.0. The molecule has 0 saturated carbocycles. The number of nitrogens with zero attached hydrogens (tertiary/aromatic N) is 1. The van der Waals surface area contributed by atoms with Gasteiger partial charge >= 0.3 is 0 Å². The summed E-state index contributed by atoms with van der Waals surface area (Å²) in [5, 5.41) is 2.76. The Kier molecular flexibility index (Phi) is 15.2. The molecule has 0 radical (unpaired) electrons. The van der Waals surface area contributed by atoms with Crippen molar-refractivity contribution in [1.82, 2.24) is 10.2 Å². The van der Waals surface area contributed by atoms with E-state index in [0.717, 1.165) is 30.9 Å². The van der Waals surface area contributed by atoms with Crippen molar-refractivity contribution >= 4 is 17.7 Å². The van der Waals surface area contributed by atoms with Crippen LogP contribution in [-0.4, -0.2) is 54.9 Å². The fourth-order valence-electron chi connectivity index (χ4n) is 4.41. The number of primary amides is 1. The predicted molar refractivity (Wildman–Crippen MR) is 168 cm³/mol. The Hall–Kier alpha value is -4.15. The third-order valence-electron chi connectivity index (χ3n) is 6.53. The van der Waals surface area contributed by atoms with E-state index < -0.39 is 29.5 Å². The molecule has 0 aliphatic carbocycles. The van der Waals surface area contributed by atoms with E-state index in [2.05, 4.69) is 24.4 Å². The molecule has 1 unspecified atom stereocenters. The van der Waals surface area contributed by atoms with Crippen molar-refractivity contribution in [2.75, 3.05) is 26.2 Å². The van der Waals surface area contributed by atoms with Crippen LogP contribution in [0.15, 0.2) is 60.7 Å².